The number of alkyl halides is 1. The molecule has 0 N–H and O–H groups in total. The van der Waals surface area contributed by atoms with Crippen molar-refractivity contribution in [2.45, 2.75) is 18.1 Å². The first-order valence-electron chi connectivity index (χ1n) is 5.66. The van der Waals surface area contributed by atoms with Gasteiger partial charge in [-0.25, -0.2) is 4.98 Å². The molecular formula is C11H14ClN3S2. The lowest BCUT2D eigenvalue weighted by Gasteiger charge is -2.31. The molecule has 0 saturated carbocycles. The Morgan fingerprint density at radius 3 is 3.24 bits per heavy atom. The third kappa shape index (κ3) is 2.04. The average Bonchev–Trinajstić information content (AvgIpc) is 2.88. The molecule has 2 aromatic rings. The van der Waals surface area contributed by atoms with Crippen molar-refractivity contribution in [3.63, 3.8) is 0 Å². The fraction of sp³-hybridized carbons (Fsp3) is 0.545. The number of thiazole rings is 1. The Morgan fingerprint density at radius 2 is 2.47 bits per heavy atom. The Labute approximate surface area is 114 Å². The Balaban J connectivity index is 2.00. The molecular weight excluding hydrogens is 274 g/mol. The number of fused-ring (bicyclic) bond motifs is 1. The monoisotopic (exact) mass is 287 g/mol. The van der Waals surface area contributed by atoms with Crippen LogP contribution in [0.15, 0.2) is 11.6 Å². The number of nitrogens with zero attached hydrogens (tertiary/aromatic N) is 3. The molecule has 1 fully saturated rings. The van der Waals surface area contributed by atoms with E-state index in [1.54, 1.807) is 11.3 Å². The summed E-state index contributed by atoms with van der Waals surface area (Å²) in [6.45, 7) is 4.42. The van der Waals surface area contributed by atoms with Crippen molar-refractivity contribution in [3.05, 3.63) is 17.3 Å². The van der Waals surface area contributed by atoms with Crippen LogP contribution in [0.1, 0.15) is 12.6 Å². The van der Waals surface area contributed by atoms with E-state index in [-0.39, 0.29) is 0 Å². The van der Waals surface area contributed by atoms with Gasteiger partial charge in [-0.1, -0.05) is 6.92 Å². The molecule has 3 nitrogen and oxygen atoms in total. The number of thioether (sulfide) groups is 1. The Bertz CT molecular complexity index is 522. The highest BCUT2D eigenvalue weighted by atomic mass is 35.5. The number of anilines is 1. The summed E-state index contributed by atoms with van der Waals surface area (Å²) in [7, 11) is 0. The van der Waals surface area contributed by atoms with Gasteiger partial charge in [0.05, 0.1) is 11.6 Å². The van der Waals surface area contributed by atoms with Crippen LogP contribution in [-0.2, 0) is 5.88 Å². The van der Waals surface area contributed by atoms with E-state index in [0.29, 0.717) is 11.1 Å². The molecule has 1 aliphatic heterocycles. The Hall–Kier alpha value is -0.390. The van der Waals surface area contributed by atoms with Gasteiger partial charge in [0.25, 0.3) is 0 Å². The van der Waals surface area contributed by atoms with Gasteiger partial charge >= 0.3 is 0 Å². The van der Waals surface area contributed by atoms with Crippen LogP contribution < -0.4 is 4.90 Å². The van der Waals surface area contributed by atoms with Crippen molar-refractivity contribution in [1.82, 2.24) is 9.38 Å². The minimum absolute atomic E-state index is 0.519. The van der Waals surface area contributed by atoms with Crippen LogP contribution in [0.3, 0.4) is 0 Å². The molecule has 1 atom stereocenters. The largest absolute Gasteiger partial charge is 0.353 e. The van der Waals surface area contributed by atoms with Gasteiger partial charge in [0, 0.05) is 35.7 Å². The number of imidazole rings is 1. The zero-order chi connectivity index (χ0) is 11.8. The first-order valence-corrected chi connectivity index (χ1v) is 8.13. The standard InChI is InChI=1S/C11H14ClN3S2/c1-8-7-14(2-4-16-8)10-9(6-12)15-3-5-17-11(15)13-10/h3,5,8H,2,4,6-7H2,1H3. The zero-order valence-electron chi connectivity index (χ0n) is 9.60. The summed E-state index contributed by atoms with van der Waals surface area (Å²) in [5.74, 6) is 2.78. The summed E-state index contributed by atoms with van der Waals surface area (Å²) in [5.41, 5.74) is 1.13. The van der Waals surface area contributed by atoms with Crippen LogP contribution in [0, 0.1) is 0 Å². The van der Waals surface area contributed by atoms with E-state index in [1.807, 2.05) is 11.8 Å². The molecule has 92 valence electrons. The topological polar surface area (TPSA) is 20.5 Å². The van der Waals surface area contributed by atoms with E-state index in [2.05, 4.69) is 27.8 Å². The van der Waals surface area contributed by atoms with E-state index in [4.69, 9.17) is 16.6 Å². The van der Waals surface area contributed by atoms with Gasteiger partial charge in [-0.15, -0.1) is 22.9 Å². The Morgan fingerprint density at radius 1 is 1.59 bits per heavy atom. The lowest BCUT2D eigenvalue weighted by Crippen LogP contribution is -2.37. The summed E-state index contributed by atoms with van der Waals surface area (Å²) in [5, 5.41) is 2.73. The molecule has 0 aliphatic carbocycles. The lowest BCUT2D eigenvalue weighted by atomic mass is 10.3. The smallest absolute Gasteiger partial charge is 0.195 e. The van der Waals surface area contributed by atoms with Crippen LogP contribution in [0.2, 0.25) is 0 Å². The highest BCUT2D eigenvalue weighted by molar-refractivity contribution is 8.00. The first-order chi connectivity index (χ1) is 8.29. The van der Waals surface area contributed by atoms with Crippen LogP contribution >= 0.6 is 34.7 Å². The van der Waals surface area contributed by atoms with E-state index in [1.165, 1.54) is 5.75 Å². The van der Waals surface area contributed by atoms with Gasteiger partial charge in [-0.2, -0.15) is 11.8 Å². The predicted octanol–water partition coefficient (Wildman–Crippen LogP) is 3.08. The minimum atomic E-state index is 0.519. The van der Waals surface area contributed by atoms with E-state index >= 15 is 0 Å². The SMILES string of the molecule is CC1CN(c2nc3sccn3c2CCl)CCS1. The van der Waals surface area contributed by atoms with Gasteiger partial charge < -0.3 is 4.90 Å². The molecule has 0 aromatic carbocycles. The summed E-state index contributed by atoms with van der Waals surface area (Å²) < 4.78 is 2.11. The summed E-state index contributed by atoms with van der Waals surface area (Å²) >= 11 is 9.77. The fourth-order valence-corrected chi connectivity index (χ4v) is 4.20. The van der Waals surface area contributed by atoms with Gasteiger partial charge in [0.15, 0.2) is 10.8 Å². The second kappa shape index (κ2) is 4.71. The highest BCUT2D eigenvalue weighted by Gasteiger charge is 2.23. The minimum Gasteiger partial charge on any atom is -0.353 e. The summed E-state index contributed by atoms with van der Waals surface area (Å²) in [4.78, 5) is 8.13. The third-order valence-electron chi connectivity index (χ3n) is 3.01. The molecule has 0 spiro atoms. The summed E-state index contributed by atoms with van der Waals surface area (Å²) in [6, 6.07) is 0. The van der Waals surface area contributed by atoms with Crippen molar-refractivity contribution in [1.29, 1.82) is 0 Å². The van der Waals surface area contributed by atoms with Crippen molar-refractivity contribution in [3.8, 4) is 0 Å². The molecule has 0 radical (unpaired) electrons. The fourth-order valence-electron chi connectivity index (χ4n) is 2.21. The maximum Gasteiger partial charge on any atom is 0.195 e. The molecule has 2 aromatic heterocycles. The van der Waals surface area contributed by atoms with E-state index in [0.717, 1.165) is 29.6 Å². The van der Waals surface area contributed by atoms with Crippen LogP contribution in [0.4, 0.5) is 5.82 Å². The Kier molecular flexibility index (Phi) is 3.23. The second-order valence-corrected chi connectivity index (χ2v) is 6.89. The van der Waals surface area contributed by atoms with Crippen molar-refractivity contribution in [2.75, 3.05) is 23.7 Å². The molecule has 0 bridgehead atoms. The van der Waals surface area contributed by atoms with Gasteiger partial charge in [-0.3, -0.25) is 4.40 Å². The van der Waals surface area contributed by atoms with Crippen molar-refractivity contribution in [2.24, 2.45) is 0 Å². The van der Waals surface area contributed by atoms with E-state index in [9.17, 15) is 0 Å². The van der Waals surface area contributed by atoms with Crippen LogP contribution in [0.5, 0.6) is 0 Å². The van der Waals surface area contributed by atoms with Gasteiger partial charge in [0.2, 0.25) is 0 Å². The number of hydrogen-bond acceptors (Lipinski definition) is 4. The van der Waals surface area contributed by atoms with E-state index < -0.39 is 0 Å². The van der Waals surface area contributed by atoms with Crippen LogP contribution in [0.25, 0.3) is 4.96 Å². The first kappa shape index (κ1) is 11.7. The molecule has 1 unspecified atom stereocenters. The maximum absolute atomic E-state index is 6.08. The third-order valence-corrected chi connectivity index (χ3v) is 5.15. The van der Waals surface area contributed by atoms with Crippen LogP contribution in [-0.4, -0.2) is 33.5 Å². The number of hydrogen-bond donors (Lipinski definition) is 0. The average molecular weight is 288 g/mol. The second-order valence-electron chi connectivity index (χ2n) is 4.20. The molecule has 0 amide bonds. The number of rotatable bonds is 2. The predicted molar refractivity (Wildman–Crippen MR) is 76.8 cm³/mol. The normalized spacial score (nSPS) is 21.3. The molecule has 1 saturated heterocycles. The summed E-state index contributed by atoms with van der Waals surface area (Å²) in [6.07, 6.45) is 2.05. The molecule has 3 heterocycles. The number of halogens is 1. The van der Waals surface area contributed by atoms with Crippen molar-refractivity contribution >= 4 is 45.5 Å². The van der Waals surface area contributed by atoms with Crippen molar-refractivity contribution < 1.29 is 0 Å². The highest BCUT2D eigenvalue weighted by Crippen LogP contribution is 2.29. The van der Waals surface area contributed by atoms with Gasteiger partial charge in [0.1, 0.15) is 0 Å². The molecule has 1 aliphatic rings. The number of aromatic nitrogens is 2. The quantitative estimate of drug-likeness (QED) is 0.792. The molecule has 17 heavy (non-hydrogen) atoms. The lowest BCUT2D eigenvalue weighted by molar-refractivity contribution is 0.769. The molecule has 3 rings (SSSR count). The maximum atomic E-state index is 6.08. The molecule has 6 heteroatoms. The zero-order valence-corrected chi connectivity index (χ0v) is 12.0. The van der Waals surface area contributed by atoms with Gasteiger partial charge in [-0.05, 0) is 0 Å².